The molecular weight excluding hydrogens is 346 g/mol. The number of thiophene rings is 1. The van der Waals surface area contributed by atoms with Crippen molar-refractivity contribution in [1.82, 2.24) is 5.32 Å². The van der Waals surface area contributed by atoms with E-state index in [1.807, 2.05) is 17.5 Å². The van der Waals surface area contributed by atoms with Gasteiger partial charge in [0.25, 0.3) is 11.6 Å². The molecule has 0 spiro atoms. The maximum absolute atomic E-state index is 11.6. The van der Waals surface area contributed by atoms with Gasteiger partial charge >= 0.3 is 5.97 Å². The third-order valence-electron chi connectivity index (χ3n) is 3.15. The van der Waals surface area contributed by atoms with Crippen LogP contribution in [0.15, 0.2) is 41.8 Å². The summed E-state index contributed by atoms with van der Waals surface area (Å²) in [7, 11) is 0. The molecule has 1 aromatic heterocycles. The van der Waals surface area contributed by atoms with Gasteiger partial charge in [-0.25, -0.2) is 0 Å². The number of nitrogens with zero attached hydrogens (tertiary/aromatic N) is 1. The van der Waals surface area contributed by atoms with Crippen molar-refractivity contribution in [3.8, 4) is 0 Å². The zero-order valence-corrected chi connectivity index (χ0v) is 14.1. The van der Waals surface area contributed by atoms with E-state index < -0.39 is 10.9 Å². The van der Waals surface area contributed by atoms with Crippen molar-refractivity contribution >= 4 is 34.6 Å². The Labute approximate surface area is 148 Å². The number of rotatable bonds is 9. The minimum atomic E-state index is -0.558. The highest BCUT2D eigenvalue weighted by molar-refractivity contribution is 7.09. The van der Waals surface area contributed by atoms with Crippen LogP contribution in [0.4, 0.5) is 11.4 Å². The molecule has 0 fully saturated rings. The van der Waals surface area contributed by atoms with E-state index in [9.17, 15) is 19.7 Å². The highest BCUT2D eigenvalue weighted by atomic mass is 32.1. The number of esters is 1. The van der Waals surface area contributed by atoms with Gasteiger partial charge in [0.2, 0.25) is 0 Å². The molecule has 0 bridgehead atoms. The molecule has 2 N–H and O–H groups in total. The summed E-state index contributed by atoms with van der Waals surface area (Å²) in [5, 5.41) is 18.2. The first kappa shape index (κ1) is 18.4. The van der Waals surface area contributed by atoms with Crippen LogP contribution in [-0.2, 0) is 20.9 Å². The maximum atomic E-state index is 11.6. The van der Waals surface area contributed by atoms with Crippen molar-refractivity contribution in [3.63, 3.8) is 0 Å². The molecule has 1 amide bonds. The van der Waals surface area contributed by atoms with Gasteiger partial charge in [-0.15, -0.1) is 11.3 Å². The lowest BCUT2D eigenvalue weighted by Crippen LogP contribution is -2.28. The Hall–Kier alpha value is -2.94. The molecular formula is C16H17N3O5S. The van der Waals surface area contributed by atoms with E-state index >= 15 is 0 Å². The van der Waals surface area contributed by atoms with Gasteiger partial charge < -0.3 is 15.4 Å². The minimum Gasteiger partial charge on any atom is -0.456 e. The van der Waals surface area contributed by atoms with E-state index in [4.69, 9.17) is 4.74 Å². The Bertz CT molecular complexity index is 733. The molecule has 0 aliphatic heterocycles. The van der Waals surface area contributed by atoms with Crippen LogP contribution in [0.1, 0.15) is 11.3 Å². The molecule has 0 saturated heterocycles. The van der Waals surface area contributed by atoms with E-state index in [1.165, 1.54) is 17.4 Å². The highest BCUT2D eigenvalue weighted by Gasteiger charge is 2.13. The lowest BCUT2D eigenvalue weighted by Gasteiger charge is -2.08. The molecule has 8 nitrogen and oxygen atoms in total. The van der Waals surface area contributed by atoms with Crippen LogP contribution in [0.2, 0.25) is 0 Å². The number of carbonyl (C=O) groups excluding carboxylic acids is 2. The number of ether oxygens (including phenoxy) is 1. The van der Waals surface area contributed by atoms with Crippen LogP contribution < -0.4 is 10.6 Å². The normalized spacial score (nSPS) is 10.1. The summed E-state index contributed by atoms with van der Waals surface area (Å²) in [6.45, 7) is 0.212. The number of nitrogens with one attached hydrogen (secondary N) is 2. The average molecular weight is 363 g/mol. The number of nitro benzene ring substituents is 1. The second-order valence-electron chi connectivity index (χ2n) is 4.97. The second-order valence-corrected chi connectivity index (χ2v) is 6.00. The average Bonchev–Trinajstić information content (AvgIpc) is 3.12. The number of nitro groups is 1. The van der Waals surface area contributed by atoms with Crippen LogP contribution in [0, 0.1) is 10.1 Å². The van der Waals surface area contributed by atoms with E-state index in [2.05, 4.69) is 10.6 Å². The fourth-order valence-corrected chi connectivity index (χ4v) is 2.59. The topological polar surface area (TPSA) is 111 Å². The number of anilines is 1. The Morgan fingerprint density at radius 3 is 2.72 bits per heavy atom. The van der Waals surface area contributed by atoms with Crippen LogP contribution in [0.5, 0.6) is 0 Å². The molecule has 0 unspecified atom stereocenters. The summed E-state index contributed by atoms with van der Waals surface area (Å²) in [5.41, 5.74) is 0.262. The third kappa shape index (κ3) is 6.22. The monoisotopic (exact) mass is 363 g/mol. The number of benzene rings is 1. The maximum Gasteiger partial charge on any atom is 0.308 e. The fourth-order valence-electron chi connectivity index (χ4n) is 1.95. The molecule has 132 valence electrons. The molecule has 1 heterocycles. The Morgan fingerprint density at radius 2 is 2.00 bits per heavy atom. The minimum absolute atomic E-state index is 0.00967. The van der Waals surface area contributed by atoms with Crippen molar-refractivity contribution in [2.45, 2.75) is 13.0 Å². The lowest BCUT2D eigenvalue weighted by molar-refractivity contribution is -0.384. The lowest BCUT2D eigenvalue weighted by atomic mass is 10.2. The first-order chi connectivity index (χ1) is 12.1. The van der Waals surface area contributed by atoms with Gasteiger partial charge in [0, 0.05) is 17.5 Å². The van der Waals surface area contributed by atoms with Gasteiger partial charge in [0.05, 0.1) is 17.9 Å². The number of carbonyl (C=O) groups is 2. The molecule has 25 heavy (non-hydrogen) atoms. The van der Waals surface area contributed by atoms with E-state index in [-0.39, 0.29) is 31.2 Å². The van der Waals surface area contributed by atoms with E-state index in [1.54, 1.807) is 18.2 Å². The summed E-state index contributed by atoms with van der Waals surface area (Å²) in [5.74, 6) is -0.939. The van der Waals surface area contributed by atoms with Crippen LogP contribution >= 0.6 is 11.3 Å². The number of amides is 1. The summed E-state index contributed by atoms with van der Waals surface area (Å²) in [6, 6.07) is 9.93. The van der Waals surface area contributed by atoms with E-state index in [0.717, 1.165) is 4.88 Å². The smallest absolute Gasteiger partial charge is 0.308 e. The van der Waals surface area contributed by atoms with Gasteiger partial charge in [0.15, 0.2) is 6.61 Å². The van der Waals surface area contributed by atoms with Gasteiger partial charge in [-0.3, -0.25) is 19.7 Å². The van der Waals surface area contributed by atoms with Crippen molar-refractivity contribution in [2.75, 3.05) is 18.5 Å². The summed E-state index contributed by atoms with van der Waals surface area (Å²) in [6.07, 6.45) is -0.00967. The fraction of sp³-hybridized carbons (Fsp3) is 0.250. The van der Waals surface area contributed by atoms with Crippen molar-refractivity contribution in [3.05, 3.63) is 56.8 Å². The van der Waals surface area contributed by atoms with Crippen LogP contribution in [0.25, 0.3) is 0 Å². The van der Waals surface area contributed by atoms with E-state index in [0.29, 0.717) is 12.2 Å². The molecule has 2 aromatic rings. The summed E-state index contributed by atoms with van der Waals surface area (Å²) >= 11 is 1.52. The SMILES string of the molecule is O=C(COC(=O)CCNc1ccccc1[N+](=O)[O-])NCc1cccs1. The van der Waals surface area contributed by atoms with Crippen molar-refractivity contribution in [2.24, 2.45) is 0 Å². The molecule has 2 rings (SSSR count). The van der Waals surface area contributed by atoms with Crippen LogP contribution in [0.3, 0.4) is 0 Å². The molecule has 0 aliphatic rings. The number of hydrogen-bond donors (Lipinski definition) is 2. The standard InChI is InChI=1S/C16H17N3O5S/c20-15(18-10-12-4-3-9-25-12)11-24-16(21)7-8-17-13-5-1-2-6-14(13)19(22)23/h1-6,9,17H,7-8,10-11H2,(H,18,20). The predicted molar refractivity (Wildman–Crippen MR) is 93.3 cm³/mol. The van der Waals surface area contributed by atoms with Crippen molar-refractivity contribution < 1.29 is 19.2 Å². The second kappa shape index (κ2) is 9.38. The quantitative estimate of drug-likeness (QED) is 0.402. The summed E-state index contributed by atoms with van der Waals surface area (Å²) < 4.78 is 4.87. The Balaban J connectivity index is 1.65. The highest BCUT2D eigenvalue weighted by Crippen LogP contribution is 2.22. The summed E-state index contributed by atoms with van der Waals surface area (Å²) in [4.78, 5) is 34.6. The first-order valence-corrected chi connectivity index (χ1v) is 8.36. The van der Waals surface area contributed by atoms with Gasteiger partial charge in [-0.05, 0) is 17.5 Å². The molecule has 0 aliphatic carbocycles. The zero-order chi connectivity index (χ0) is 18.1. The van der Waals surface area contributed by atoms with Gasteiger partial charge in [0.1, 0.15) is 5.69 Å². The predicted octanol–water partition coefficient (Wildman–Crippen LogP) is 2.32. The Morgan fingerprint density at radius 1 is 1.20 bits per heavy atom. The largest absolute Gasteiger partial charge is 0.456 e. The third-order valence-corrected chi connectivity index (χ3v) is 4.03. The molecule has 0 radical (unpaired) electrons. The van der Waals surface area contributed by atoms with Crippen LogP contribution in [-0.4, -0.2) is 30.0 Å². The molecule has 0 saturated carbocycles. The number of hydrogen-bond acceptors (Lipinski definition) is 7. The first-order valence-electron chi connectivity index (χ1n) is 7.48. The number of para-hydroxylation sites is 2. The zero-order valence-electron chi connectivity index (χ0n) is 13.3. The molecule has 0 atom stereocenters. The molecule has 1 aromatic carbocycles. The van der Waals surface area contributed by atoms with Gasteiger partial charge in [-0.1, -0.05) is 18.2 Å². The Kier molecular flexibility index (Phi) is 6.90. The van der Waals surface area contributed by atoms with Gasteiger partial charge in [-0.2, -0.15) is 0 Å². The van der Waals surface area contributed by atoms with Crippen molar-refractivity contribution in [1.29, 1.82) is 0 Å². The molecule has 9 heteroatoms.